The molecule has 0 aliphatic carbocycles. The molecule has 1 heterocycles. The molecule has 4 heteroatoms. The second-order valence-electron chi connectivity index (χ2n) is 2.57. The zero-order chi connectivity index (χ0) is 9.68. The van der Waals surface area contributed by atoms with E-state index in [1.165, 1.54) is 12.0 Å². The number of ether oxygens (including phenoxy) is 1. The van der Waals surface area contributed by atoms with Crippen LogP contribution in [-0.2, 0) is 14.3 Å². The number of hydrogen-bond donors (Lipinski definition) is 0. The first-order valence-corrected chi connectivity index (χ1v) is 3.93. The minimum Gasteiger partial charge on any atom is -0.468 e. The molecule has 0 aromatic rings. The van der Waals surface area contributed by atoms with Crippen LogP contribution in [0, 0.1) is 0 Å². The van der Waals surface area contributed by atoms with Crippen molar-refractivity contribution >= 4 is 11.9 Å². The number of amides is 1. The number of methoxy groups -OCH3 is 1. The molecule has 1 rings (SSSR count). The standard InChI is InChI=1S/C9H11NO3/c1-13-9(12)7-10-6-4-2-3-5-8(10)11/h2-4,6H,5,7H2,1H3. The maximum absolute atomic E-state index is 11.3. The number of rotatable bonds is 2. The number of hydrogen-bond acceptors (Lipinski definition) is 3. The summed E-state index contributed by atoms with van der Waals surface area (Å²) in [6, 6.07) is 0. The molecule has 0 fully saturated rings. The van der Waals surface area contributed by atoms with Crippen LogP contribution in [0.1, 0.15) is 6.42 Å². The van der Waals surface area contributed by atoms with E-state index in [-0.39, 0.29) is 12.5 Å². The number of esters is 1. The van der Waals surface area contributed by atoms with Gasteiger partial charge in [0.15, 0.2) is 0 Å². The molecule has 0 N–H and O–H groups in total. The SMILES string of the molecule is COC(=O)CN1C=CC=CCC1=O. The number of allylic oxidation sites excluding steroid dienone is 2. The summed E-state index contributed by atoms with van der Waals surface area (Å²) in [7, 11) is 1.30. The summed E-state index contributed by atoms with van der Waals surface area (Å²) in [4.78, 5) is 23.5. The first-order chi connectivity index (χ1) is 6.24. The van der Waals surface area contributed by atoms with Crippen LogP contribution in [-0.4, -0.2) is 30.4 Å². The topological polar surface area (TPSA) is 46.6 Å². The lowest BCUT2D eigenvalue weighted by atomic mass is 10.3. The second kappa shape index (κ2) is 4.45. The van der Waals surface area contributed by atoms with Gasteiger partial charge in [-0.05, 0) is 6.08 Å². The van der Waals surface area contributed by atoms with E-state index < -0.39 is 5.97 Å². The van der Waals surface area contributed by atoms with Gasteiger partial charge in [-0.3, -0.25) is 9.59 Å². The van der Waals surface area contributed by atoms with E-state index in [1.807, 2.05) is 0 Å². The Balaban J connectivity index is 2.58. The van der Waals surface area contributed by atoms with Crippen LogP contribution in [0.4, 0.5) is 0 Å². The van der Waals surface area contributed by atoms with Crippen molar-refractivity contribution < 1.29 is 14.3 Å². The fourth-order valence-electron chi connectivity index (χ4n) is 0.946. The predicted octanol–water partition coefficient (Wildman–Crippen LogP) is 0.462. The molecule has 70 valence electrons. The van der Waals surface area contributed by atoms with Crippen LogP contribution in [0.15, 0.2) is 24.4 Å². The number of carbonyl (C=O) groups is 2. The molecule has 0 bridgehead atoms. The third-order valence-corrected chi connectivity index (χ3v) is 1.65. The monoisotopic (exact) mass is 181 g/mol. The smallest absolute Gasteiger partial charge is 0.325 e. The zero-order valence-electron chi connectivity index (χ0n) is 7.40. The van der Waals surface area contributed by atoms with Gasteiger partial charge in [-0.1, -0.05) is 12.2 Å². The van der Waals surface area contributed by atoms with Gasteiger partial charge in [0.25, 0.3) is 0 Å². The average Bonchev–Trinajstić information content (AvgIpc) is 2.32. The molecule has 1 aliphatic rings. The van der Waals surface area contributed by atoms with Crippen LogP contribution in [0.2, 0.25) is 0 Å². The molecule has 0 saturated heterocycles. The molecule has 13 heavy (non-hydrogen) atoms. The molecular weight excluding hydrogens is 170 g/mol. The Kier molecular flexibility index (Phi) is 3.25. The first-order valence-electron chi connectivity index (χ1n) is 3.93. The van der Waals surface area contributed by atoms with Gasteiger partial charge in [0, 0.05) is 12.6 Å². The van der Waals surface area contributed by atoms with Crippen LogP contribution in [0.5, 0.6) is 0 Å². The third kappa shape index (κ3) is 2.74. The molecule has 0 atom stereocenters. The van der Waals surface area contributed by atoms with E-state index in [0.717, 1.165) is 0 Å². The van der Waals surface area contributed by atoms with Gasteiger partial charge in [0.1, 0.15) is 6.54 Å². The molecule has 0 aromatic carbocycles. The van der Waals surface area contributed by atoms with Gasteiger partial charge in [0.05, 0.1) is 7.11 Å². The van der Waals surface area contributed by atoms with Crippen LogP contribution >= 0.6 is 0 Å². The molecule has 0 radical (unpaired) electrons. The molecule has 4 nitrogen and oxygen atoms in total. The molecule has 0 saturated carbocycles. The molecule has 0 unspecified atom stereocenters. The lowest BCUT2D eigenvalue weighted by molar-refractivity contribution is -0.145. The van der Waals surface area contributed by atoms with Gasteiger partial charge in [-0.15, -0.1) is 0 Å². The van der Waals surface area contributed by atoms with Gasteiger partial charge >= 0.3 is 5.97 Å². The summed E-state index contributed by atoms with van der Waals surface area (Å²) < 4.78 is 4.45. The highest BCUT2D eigenvalue weighted by atomic mass is 16.5. The third-order valence-electron chi connectivity index (χ3n) is 1.65. The van der Waals surface area contributed by atoms with Crippen molar-refractivity contribution in [1.29, 1.82) is 0 Å². The van der Waals surface area contributed by atoms with Gasteiger partial charge in [-0.2, -0.15) is 0 Å². The maximum Gasteiger partial charge on any atom is 0.325 e. The summed E-state index contributed by atoms with van der Waals surface area (Å²) in [5.41, 5.74) is 0. The Labute approximate surface area is 76.5 Å². The normalized spacial score (nSPS) is 15.8. The summed E-state index contributed by atoms with van der Waals surface area (Å²) in [5.74, 6) is -0.518. The van der Waals surface area contributed by atoms with Crippen molar-refractivity contribution in [3.8, 4) is 0 Å². The Hall–Kier alpha value is -1.58. The number of nitrogens with zero attached hydrogens (tertiary/aromatic N) is 1. The summed E-state index contributed by atoms with van der Waals surface area (Å²) >= 11 is 0. The van der Waals surface area contributed by atoms with E-state index in [1.54, 1.807) is 24.4 Å². The summed E-state index contributed by atoms with van der Waals surface area (Å²) in [5, 5.41) is 0. The van der Waals surface area contributed by atoms with Crippen molar-refractivity contribution in [2.24, 2.45) is 0 Å². The van der Waals surface area contributed by atoms with E-state index in [9.17, 15) is 9.59 Å². The van der Waals surface area contributed by atoms with Gasteiger partial charge in [-0.25, -0.2) is 0 Å². The second-order valence-corrected chi connectivity index (χ2v) is 2.57. The highest BCUT2D eigenvalue weighted by Gasteiger charge is 2.14. The van der Waals surface area contributed by atoms with Crippen LogP contribution in [0.25, 0.3) is 0 Å². The van der Waals surface area contributed by atoms with E-state index >= 15 is 0 Å². The van der Waals surface area contributed by atoms with Gasteiger partial charge < -0.3 is 9.64 Å². The molecule has 1 aliphatic heterocycles. The fraction of sp³-hybridized carbons (Fsp3) is 0.333. The van der Waals surface area contributed by atoms with Crippen molar-refractivity contribution in [3.63, 3.8) is 0 Å². The maximum atomic E-state index is 11.3. The summed E-state index contributed by atoms with van der Waals surface area (Å²) in [6.45, 7) is -0.0203. The highest BCUT2D eigenvalue weighted by molar-refractivity contribution is 5.84. The Morgan fingerprint density at radius 1 is 1.62 bits per heavy atom. The van der Waals surface area contributed by atoms with Crippen molar-refractivity contribution in [3.05, 3.63) is 24.4 Å². The van der Waals surface area contributed by atoms with Crippen LogP contribution in [0.3, 0.4) is 0 Å². The predicted molar refractivity (Wildman–Crippen MR) is 46.6 cm³/mol. The highest BCUT2D eigenvalue weighted by Crippen LogP contribution is 2.02. The lowest BCUT2D eigenvalue weighted by Gasteiger charge is -2.14. The molecule has 1 amide bonds. The Morgan fingerprint density at radius 2 is 2.38 bits per heavy atom. The first kappa shape index (κ1) is 9.51. The van der Waals surface area contributed by atoms with Crippen LogP contribution < -0.4 is 0 Å². The zero-order valence-corrected chi connectivity index (χ0v) is 7.40. The largest absolute Gasteiger partial charge is 0.468 e. The van der Waals surface area contributed by atoms with Gasteiger partial charge in [0.2, 0.25) is 5.91 Å². The minimum atomic E-state index is -0.417. The Bertz CT molecular complexity index is 268. The van der Waals surface area contributed by atoms with E-state index in [0.29, 0.717) is 6.42 Å². The van der Waals surface area contributed by atoms with Crippen molar-refractivity contribution in [1.82, 2.24) is 4.90 Å². The number of carbonyl (C=O) groups excluding carboxylic acids is 2. The van der Waals surface area contributed by atoms with Crippen molar-refractivity contribution in [2.75, 3.05) is 13.7 Å². The molecular formula is C9H11NO3. The summed E-state index contributed by atoms with van der Waals surface area (Å²) in [6.07, 6.45) is 7.13. The van der Waals surface area contributed by atoms with E-state index in [2.05, 4.69) is 4.74 Å². The lowest BCUT2D eigenvalue weighted by Crippen LogP contribution is -2.30. The average molecular weight is 181 g/mol. The minimum absolute atomic E-state index is 0.0203. The molecule has 0 spiro atoms. The van der Waals surface area contributed by atoms with Crippen molar-refractivity contribution in [2.45, 2.75) is 6.42 Å². The quantitative estimate of drug-likeness (QED) is 0.581. The fourth-order valence-corrected chi connectivity index (χ4v) is 0.946. The Morgan fingerprint density at radius 3 is 3.08 bits per heavy atom. The molecule has 0 aromatic heterocycles. The van der Waals surface area contributed by atoms with E-state index in [4.69, 9.17) is 0 Å².